The van der Waals surface area contributed by atoms with Gasteiger partial charge in [0.2, 0.25) is 15.9 Å². The topological polar surface area (TPSA) is 115 Å². The van der Waals surface area contributed by atoms with Crippen LogP contribution in [0, 0.1) is 0 Å². The molecule has 0 saturated heterocycles. The van der Waals surface area contributed by atoms with Gasteiger partial charge < -0.3 is 11.1 Å². The maximum Gasteiger partial charge on any atom is 0.243 e. The van der Waals surface area contributed by atoms with Crippen molar-refractivity contribution in [3.8, 4) is 0 Å². The first kappa shape index (κ1) is 15.6. The molecule has 0 aliphatic rings. The smallest absolute Gasteiger partial charge is 0.243 e. The highest BCUT2D eigenvalue weighted by atomic mass is 32.2. The van der Waals surface area contributed by atoms with Crippen LogP contribution in [0.3, 0.4) is 0 Å². The number of nitrogens with two attached hydrogens (primary N) is 2. The number of anilines is 1. The van der Waals surface area contributed by atoms with Gasteiger partial charge in [-0.1, -0.05) is 13.0 Å². The first-order chi connectivity index (χ1) is 8.55. The second-order valence-corrected chi connectivity index (χ2v) is 6.43. The molecule has 0 unspecified atom stereocenters. The Kier molecular flexibility index (Phi) is 4.34. The minimum atomic E-state index is -3.82. The van der Waals surface area contributed by atoms with E-state index in [0.29, 0.717) is 17.7 Å². The number of carbonyl (C=O) groups excluding carboxylic acids is 1. The standard InChI is InChI=1S/C12H19N3O3S/c1-4-8-5-6-9(7-10(8)19(14,17)18)15-11(16)12(2,3)13/h5-7H,4,13H2,1-3H3,(H,15,16)(H2,14,17,18). The Morgan fingerprint density at radius 2 is 1.95 bits per heavy atom. The number of aryl methyl sites for hydroxylation is 1. The van der Waals surface area contributed by atoms with E-state index < -0.39 is 21.5 Å². The van der Waals surface area contributed by atoms with Crippen LogP contribution in [0.15, 0.2) is 23.1 Å². The van der Waals surface area contributed by atoms with Gasteiger partial charge in [0.25, 0.3) is 0 Å². The summed E-state index contributed by atoms with van der Waals surface area (Å²) in [6.07, 6.45) is 0.530. The maximum atomic E-state index is 11.7. The Bertz CT molecular complexity index is 589. The molecule has 0 aliphatic heterocycles. The highest BCUT2D eigenvalue weighted by Crippen LogP contribution is 2.21. The number of nitrogens with one attached hydrogen (secondary N) is 1. The highest BCUT2D eigenvalue weighted by Gasteiger charge is 2.22. The molecule has 7 heteroatoms. The maximum absolute atomic E-state index is 11.7. The summed E-state index contributed by atoms with van der Waals surface area (Å²) in [7, 11) is -3.82. The van der Waals surface area contributed by atoms with Gasteiger partial charge >= 0.3 is 0 Å². The first-order valence-corrected chi connectivity index (χ1v) is 7.36. The van der Waals surface area contributed by atoms with Crippen LogP contribution >= 0.6 is 0 Å². The van der Waals surface area contributed by atoms with Crippen molar-refractivity contribution in [1.29, 1.82) is 0 Å². The van der Waals surface area contributed by atoms with E-state index in [9.17, 15) is 13.2 Å². The quantitative estimate of drug-likeness (QED) is 0.750. The zero-order valence-corrected chi connectivity index (χ0v) is 12.0. The molecule has 0 spiro atoms. The van der Waals surface area contributed by atoms with E-state index in [1.54, 1.807) is 26.0 Å². The molecule has 1 amide bonds. The minimum absolute atomic E-state index is 0.0163. The molecular formula is C12H19N3O3S. The number of rotatable bonds is 4. The molecule has 0 aliphatic carbocycles. The van der Waals surface area contributed by atoms with Crippen LogP contribution < -0.4 is 16.2 Å². The minimum Gasteiger partial charge on any atom is -0.324 e. The van der Waals surface area contributed by atoms with Crippen molar-refractivity contribution >= 4 is 21.6 Å². The lowest BCUT2D eigenvalue weighted by Gasteiger charge is -2.18. The Balaban J connectivity index is 3.17. The summed E-state index contributed by atoms with van der Waals surface area (Å²) < 4.78 is 23.0. The van der Waals surface area contributed by atoms with Crippen LogP contribution in [0.5, 0.6) is 0 Å². The van der Waals surface area contributed by atoms with Gasteiger partial charge in [-0.3, -0.25) is 4.79 Å². The van der Waals surface area contributed by atoms with Gasteiger partial charge in [0.05, 0.1) is 10.4 Å². The first-order valence-electron chi connectivity index (χ1n) is 5.81. The normalized spacial score (nSPS) is 12.3. The largest absolute Gasteiger partial charge is 0.324 e. The van der Waals surface area contributed by atoms with E-state index in [4.69, 9.17) is 10.9 Å². The Labute approximate surface area is 113 Å². The summed E-state index contributed by atoms with van der Waals surface area (Å²) in [5.41, 5.74) is 5.56. The lowest BCUT2D eigenvalue weighted by atomic mass is 10.1. The van der Waals surface area contributed by atoms with E-state index >= 15 is 0 Å². The molecule has 0 bridgehead atoms. The Hall–Kier alpha value is -1.44. The van der Waals surface area contributed by atoms with Crippen LogP contribution in [0.25, 0.3) is 0 Å². The van der Waals surface area contributed by atoms with Crippen molar-refractivity contribution in [3.05, 3.63) is 23.8 Å². The van der Waals surface area contributed by atoms with E-state index in [2.05, 4.69) is 5.32 Å². The zero-order chi connectivity index (χ0) is 14.8. The number of carbonyl (C=O) groups is 1. The highest BCUT2D eigenvalue weighted by molar-refractivity contribution is 7.89. The molecule has 0 atom stereocenters. The van der Waals surface area contributed by atoms with Gasteiger partial charge in [-0.05, 0) is 38.0 Å². The predicted molar refractivity (Wildman–Crippen MR) is 74.1 cm³/mol. The van der Waals surface area contributed by atoms with Crippen LogP contribution in [0.2, 0.25) is 0 Å². The Morgan fingerprint density at radius 1 is 1.37 bits per heavy atom. The Morgan fingerprint density at radius 3 is 2.37 bits per heavy atom. The zero-order valence-electron chi connectivity index (χ0n) is 11.2. The van der Waals surface area contributed by atoms with Crippen molar-refractivity contribution in [2.24, 2.45) is 10.9 Å². The predicted octanol–water partition coefficient (Wildman–Crippen LogP) is 0.572. The van der Waals surface area contributed by atoms with Gasteiger partial charge in [-0.2, -0.15) is 0 Å². The molecule has 1 aromatic rings. The van der Waals surface area contributed by atoms with Crippen molar-refractivity contribution in [2.75, 3.05) is 5.32 Å². The van der Waals surface area contributed by atoms with Crippen molar-refractivity contribution in [3.63, 3.8) is 0 Å². The van der Waals surface area contributed by atoms with Crippen LogP contribution in [-0.4, -0.2) is 19.9 Å². The summed E-state index contributed by atoms with van der Waals surface area (Å²) >= 11 is 0. The molecule has 0 heterocycles. The van der Waals surface area contributed by atoms with E-state index in [1.165, 1.54) is 6.07 Å². The van der Waals surface area contributed by atoms with Gasteiger partial charge in [0, 0.05) is 5.69 Å². The number of primary sulfonamides is 1. The summed E-state index contributed by atoms with van der Waals surface area (Å²) in [5, 5.41) is 7.72. The van der Waals surface area contributed by atoms with Crippen LogP contribution in [0.4, 0.5) is 5.69 Å². The third kappa shape index (κ3) is 4.02. The fourth-order valence-electron chi connectivity index (χ4n) is 1.48. The molecule has 5 N–H and O–H groups in total. The lowest BCUT2D eigenvalue weighted by Crippen LogP contribution is -2.45. The number of hydrogen-bond donors (Lipinski definition) is 3. The van der Waals surface area contributed by atoms with Gasteiger partial charge in [-0.25, -0.2) is 13.6 Å². The number of amides is 1. The summed E-state index contributed by atoms with van der Waals surface area (Å²) in [6, 6.07) is 4.59. The summed E-state index contributed by atoms with van der Waals surface area (Å²) in [5.74, 6) is -0.405. The fraction of sp³-hybridized carbons (Fsp3) is 0.417. The second-order valence-electron chi connectivity index (χ2n) is 4.90. The average Bonchev–Trinajstić information content (AvgIpc) is 2.26. The third-order valence-corrected chi connectivity index (χ3v) is 3.59. The molecule has 0 saturated carbocycles. The molecular weight excluding hydrogens is 266 g/mol. The third-order valence-electron chi connectivity index (χ3n) is 2.60. The van der Waals surface area contributed by atoms with Crippen molar-refractivity contribution < 1.29 is 13.2 Å². The number of sulfonamides is 1. The molecule has 1 aromatic carbocycles. The average molecular weight is 285 g/mol. The number of hydrogen-bond acceptors (Lipinski definition) is 4. The molecule has 1 rings (SSSR count). The molecule has 6 nitrogen and oxygen atoms in total. The van der Waals surface area contributed by atoms with Crippen LogP contribution in [0.1, 0.15) is 26.3 Å². The molecule has 0 fully saturated rings. The van der Waals surface area contributed by atoms with Gasteiger partial charge in [0.1, 0.15) is 0 Å². The van der Waals surface area contributed by atoms with Gasteiger partial charge in [0.15, 0.2) is 0 Å². The van der Waals surface area contributed by atoms with Gasteiger partial charge in [-0.15, -0.1) is 0 Å². The summed E-state index contributed by atoms with van der Waals surface area (Å²) in [6.45, 7) is 4.94. The lowest BCUT2D eigenvalue weighted by molar-refractivity contribution is -0.120. The summed E-state index contributed by atoms with van der Waals surface area (Å²) in [4.78, 5) is 11.7. The molecule has 19 heavy (non-hydrogen) atoms. The monoisotopic (exact) mass is 285 g/mol. The second kappa shape index (κ2) is 5.28. The fourth-order valence-corrected chi connectivity index (χ4v) is 2.35. The molecule has 0 radical (unpaired) electrons. The van der Waals surface area contributed by atoms with E-state index in [-0.39, 0.29) is 4.90 Å². The molecule has 0 aromatic heterocycles. The van der Waals surface area contributed by atoms with E-state index in [0.717, 1.165) is 0 Å². The van der Waals surface area contributed by atoms with E-state index in [1.807, 2.05) is 6.92 Å². The SMILES string of the molecule is CCc1ccc(NC(=O)C(C)(C)N)cc1S(N)(=O)=O. The molecule has 106 valence electrons. The van der Waals surface area contributed by atoms with Crippen molar-refractivity contribution in [1.82, 2.24) is 0 Å². The van der Waals surface area contributed by atoms with Crippen molar-refractivity contribution in [2.45, 2.75) is 37.6 Å². The number of benzene rings is 1. The van der Waals surface area contributed by atoms with Crippen LogP contribution in [-0.2, 0) is 21.2 Å².